The zero-order valence-corrected chi connectivity index (χ0v) is 9.37. The largest absolute Gasteiger partial charge is 0.347 e. The summed E-state index contributed by atoms with van der Waals surface area (Å²) in [5.74, 6) is 0. The summed E-state index contributed by atoms with van der Waals surface area (Å²) in [4.78, 5) is 0. The maximum absolute atomic E-state index is 5.90. The highest BCUT2D eigenvalue weighted by Crippen LogP contribution is 2.26. The standard InChI is InChI=1S/C13H17NO2/c1-2-6-12-11(14)9-15-13(16-12)10-7-4-3-5-8-10/h2-8,11-13H,9,14H2,1H3/b6-2+/t11-,12+,13?/m0/s1. The maximum Gasteiger partial charge on any atom is 0.184 e. The van der Waals surface area contributed by atoms with Crippen molar-refractivity contribution in [1.82, 2.24) is 0 Å². The van der Waals surface area contributed by atoms with Gasteiger partial charge in [0.2, 0.25) is 0 Å². The minimum atomic E-state index is -0.304. The number of hydrogen-bond acceptors (Lipinski definition) is 3. The van der Waals surface area contributed by atoms with E-state index in [2.05, 4.69) is 0 Å². The van der Waals surface area contributed by atoms with Gasteiger partial charge in [0.25, 0.3) is 0 Å². The van der Waals surface area contributed by atoms with Gasteiger partial charge in [-0.2, -0.15) is 0 Å². The third-order valence-corrected chi connectivity index (χ3v) is 2.60. The predicted octanol–water partition coefficient (Wildman–Crippen LogP) is 2.00. The number of rotatable bonds is 2. The number of benzene rings is 1. The molecule has 0 radical (unpaired) electrons. The first-order valence-electron chi connectivity index (χ1n) is 5.51. The highest BCUT2D eigenvalue weighted by molar-refractivity contribution is 5.16. The summed E-state index contributed by atoms with van der Waals surface area (Å²) in [6.45, 7) is 2.48. The first-order valence-corrected chi connectivity index (χ1v) is 5.51. The predicted molar refractivity (Wildman–Crippen MR) is 62.8 cm³/mol. The van der Waals surface area contributed by atoms with Crippen LogP contribution in [0.25, 0.3) is 0 Å². The molecule has 1 heterocycles. The van der Waals surface area contributed by atoms with E-state index in [-0.39, 0.29) is 18.4 Å². The van der Waals surface area contributed by atoms with Gasteiger partial charge in [0.15, 0.2) is 6.29 Å². The van der Waals surface area contributed by atoms with Gasteiger partial charge in [-0.15, -0.1) is 0 Å². The normalized spacial score (nSPS) is 30.8. The Morgan fingerprint density at radius 3 is 2.75 bits per heavy atom. The highest BCUT2D eigenvalue weighted by atomic mass is 16.7. The van der Waals surface area contributed by atoms with E-state index in [0.717, 1.165) is 5.56 Å². The number of allylic oxidation sites excluding steroid dienone is 1. The van der Waals surface area contributed by atoms with Crippen LogP contribution >= 0.6 is 0 Å². The molecule has 1 fully saturated rings. The van der Waals surface area contributed by atoms with E-state index >= 15 is 0 Å². The van der Waals surface area contributed by atoms with Crippen molar-refractivity contribution in [3.8, 4) is 0 Å². The summed E-state index contributed by atoms with van der Waals surface area (Å²) in [6, 6.07) is 9.82. The lowest BCUT2D eigenvalue weighted by Crippen LogP contribution is -2.45. The van der Waals surface area contributed by atoms with E-state index in [0.29, 0.717) is 6.61 Å². The molecule has 3 nitrogen and oxygen atoms in total. The van der Waals surface area contributed by atoms with Crippen molar-refractivity contribution < 1.29 is 9.47 Å². The van der Waals surface area contributed by atoms with Crippen molar-refractivity contribution in [2.45, 2.75) is 25.4 Å². The molecular weight excluding hydrogens is 202 g/mol. The minimum Gasteiger partial charge on any atom is -0.347 e. The molecule has 1 unspecified atom stereocenters. The quantitative estimate of drug-likeness (QED) is 0.774. The minimum absolute atomic E-state index is 0.0658. The van der Waals surface area contributed by atoms with E-state index in [1.54, 1.807) is 0 Å². The lowest BCUT2D eigenvalue weighted by molar-refractivity contribution is -0.212. The molecule has 0 spiro atoms. The molecule has 0 amide bonds. The first-order chi connectivity index (χ1) is 7.81. The molecule has 3 atom stereocenters. The molecule has 0 aromatic heterocycles. The van der Waals surface area contributed by atoms with Gasteiger partial charge >= 0.3 is 0 Å². The summed E-state index contributed by atoms with van der Waals surface area (Å²) in [5, 5.41) is 0. The van der Waals surface area contributed by atoms with Gasteiger partial charge < -0.3 is 15.2 Å². The van der Waals surface area contributed by atoms with Crippen LogP contribution in [-0.2, 0) is 9.47 Å². The second-order valence-electron chi connectivity index (χ2n) is 3.87. The smallest absolute Gasteiger partial charge is 0.184 e. The van der Waals surface area contributed by atoms with Crippen LogP contribution in [0, 0.1) is 0 Å². The Balaban J connectivity index is 2.08. The summed E-state index contributed by atoms with van der Waals surface area (Å²) >= 11 is 0. The Morgan fingerprint density at radius 1 is 1.31 bits per heavy atom. The SMILES string of the molecule is C/C=C/[C@H]1OC(c2ccccc2)OC[C@@H]1N. The zero-order valence-electron chi connectivity index (χ0n) is 9.37. The maximum atomic E-state index is 5.90. The second kappa shape index (κ2) is 5.25. The van der Waals surface area contributed by atoms with Crippen molar-refractivity contribution in [1.29, 1.82) is 0 Å². The highest BCUT2D eigenvalue weighted by Gasteiger charge is 2.28. The molecule has 16 heavy (non-hydrogen) atoms. The molecule has 1 aliphatic heterocycles. The van der Waals surface area contributed by atoms with Crippen LogP contribution in [0.5, 0.6) is 0 Å². The van der Waals surface area contributed by atoms with Crippen LogP contribution in [0.2, 0.25) is 0 Å². The topological polar surface area (TPSA) is 44.5 Å². The summed E-state index contributed by atoms with van der Waals surface area (Å²) in [6.07, 6.45) is 3.56. The Bertz CT molecular complexity index is 350. The molecular formula is C13H17NO2. The van der Waals surface area contributed by atoms with E-state index in [4.69, 9.17) is 15.2 Å². The number of ether oxygens (including phenoxy) is 2. The molecule has 1 aromatic carbocycles. The molecule has 0 bridgehead atoms. The molecule has 1 saturated heterocycles. The molecule has 2 rings (SSSR count). The average Bonchev–Trinajstić information content (AvgIpc) is 2.33. The van der Waals surface area contributed by atoms with Gasteiger partial charge in [0.05, 0.1) is 18.8 Å². The average molecular weight is 219 g/mol. The Hall–Kier alpha value is -1.16. The number of nitrogens with two attached hydrogens (primary N) is 1. The molecule has 2 N–H and O–H groups in total. The molecule has 0 aliphatic carbocycles. The molecule has 3 heteroatoms. The molecule has 1 aliphatic rings. The summed E-state index contributed by atoms with van der Waals surface area (Å²) in [7, 11) is 0. The second-order valence-corrected chi connectivity index (χ2v) is 3.87. The Labute approximate surface area is 95.9 Å². The molecule has 0 saturated carbocycles. The fraction of sp³-hybridized carbons (Fsp3) is 0.385. The van der Waals surface area contributed by atoms with Crippen LogP contribution < -0.4 is 5.73 Å². The fourth-order valence-corrected chi connectivity index (χ4v) is 1.74. The van der Waals surface area contributed by atoms with Crippen LogP contribution in [-0.4, -0.2) is 18.8 Å². The third kappa shape index (κ3) is 2.50. The fourth-order valence-electron chi connectivity index (χ4n) is 1.74. The van der Waals surface area contributed by atoms with E-state index in [1.807, 2.05) is 49.4 Å². The van der Waals surface area contributed by atoms with Crippen LogP contribution in [0.3, 0.4) is 0 Å². The molecule has 1 aromatic rings. The van der Waals surface area contributed by atoms with Gasteiger partial charge in [-0.3, -0.25) is 0 Å². The Kier molecular flexibility index (Phi) is 3.72. The lowest BCUT2D eigenvalue weighted by Gasteiger charge is -2.33. The van der Waals surface area contributed by atoms with Crippen LogP contribution in [0.4, 0.5) is 0 Å². The zero-order chi connectivity index (χ0) is 11.4. The van der Waals surface area contributed by atoms with Crippen molar-refractivity contribution in [2.75, 3.05) is 6.61 Å². The lowest BCUT2D eigenvalue weighted by atomic mass is 10.1. The van der Waals surface area contributed by atoms with Gasteiger partial charge in [-0.1, -0.05) is 42.5 Å². The molecule has 86 valence electrons. The van der Waals surface area contributed by atoms with Crippen molar-refractivity contribution in [3.63, 3.8) is 0 Å². The van der Waals surface area contributed by atoms with Crippen molar-refractivity contribution in [2.24, 2.45) is 5.73 Å². The van der Waals surface area contributed by atoms with Crippen molar-refractivity contribution in [3.05, 3.63) is 48.0 Å². The first kappa shape index (κ1) is 11.3. The van der Waals surface area contributed by atoms with E-state index in [9.17, 15) is 0 Å². The van der Waals surface area contributed by atoms with E-state index < -0.39 is 0 Å². The third-order valence-electron chi connectivity index (χ3n) is 2.60. The van der Waals surface area contributed by atoms with Gasteiger partial charge in [0.1, 0.15) is 0 Å². The number of hydrogen-bond donors (Lipinski definition) is 1. The van der Waals surface area contributed by atoms with Crippen molar-refractivity contribution >= 4 is 0 Å². The van der Waals surface area contributed by atoms with Gasteiger partial charge in [-0.25, -0.2) is 0 Å². The van der Waals surface area contributed by atoms with E-state index in [1.165, 1.54) is 0 Å². The van der Waals surface area contributed by atoms with Gasteiger partial charge in [0, 0.05) is 5.56 Å². The van der Waals surface area contributed by atoms with Crippen LogP contribution in [0.1, 0.15) is 18.8 Å². The van der Waals surface area contributed by atoms with Crippen LogP contribution in [0.15, 0.2) is 42.5 Å². The summed E-state index contributed by atoms with van der Waals surface area (Å²) < 4.78 is 11.4. The Morgan fingerprint density at radius 2 is 2.06 bits per heavy atom. The van der Waals surface area contributed by atoms with Gasteiger partial charge in [-0.05, 0) is 6.92 Å². The monoisotopic (exact) mass is 219 g/mol. The summed E-state index contributed by atoms with van der Waals surface area (Å²) in [5.41, 5.74) is 6.94.